The van der Waals surface area contributed by atoms with E-state index < -0.39 is 5.92 Å². The quantitative estimate of drug-likeness (QED) is 0.608. The van der Waals surface area contributed by atoms with E-state index in [-0.39, 0.29) is 17.8 Å². The summed E-state index contributed by atoms with van der Waals surface area (Å²) < 4.78 is 0. The van der Waals surface area contributed by atoms with E-state index in [1.54, 1.807) is 6.07 Å². The van der Waals surface area contributed by atoms with E-state index in [0.29, 0.717) is 18.5 Å². The second kappa shape index (κ2) is 3.64. The molecule has 1 saturated heterocycles. The van der Waals surface area contributed by atoms with Crippen LogP contribution in [0.4, 0.5) is 5.95 Å². The summed E-state index contributed by atoms with van der Waals surface area (Å²) in [5, 5.41) is 2.27. The van der Waals surface area contributed by atoms with E-state index in [2.05, 4.69) is 15.3 Å². The lowest BCUT2D eigenvalue weighted by Gasteiger charge is -2.19. The van der Waals surface area contributed by atoms with Crippen LogP contribution < -0.4 is 11.1 Å². The van der Waals surface area contributed by atoms with Gasteiger partial charge in [-0.05, 0) is 12.5 Å². The van der Waals surface area contributed by atoms with Gasteiger partial charge in [0.1, 0.15) is 0 Å². The molecule has 1 aliphatic rings. The van der Waals surface area contributed by atoms with Crippen LogP contribution in [0.2, 0.25) is 0 Å². The molecule has 0 aromatic carbocycles. The number of anilines is 1. The molecule has 2 heterocycles. The molecule has 6 heteroatoms. The molecule has 0 spiro atoms. The molecule has 1 fully saturated rings. The molecular weight excluding hydrogens is 196 g/mol. The number of carbonyl (C=O) groups excluding carboxylic acids is 2. The molecule has 78 valence electrons. The van der Waals surface area contributed by atoms with E-state index >= 15 is 0 Å². The van der Waals surface area contributed by atoms with Gasteiger partial charge < -0.3 is 5.73 Å². The highest BCUT2D eigenvalue weighted by molar-refractivity contribution is 6.00. The number of hydrogen-bond acceptors (Lipinski definition) is 5. The van der Waals surface area contributed by atoms with Gasteiger partial charge in [-0.15, -0.1) is 0 Å². The van der Waals surface area contributed by atoms with Gasteiger partial charge >= 0.3 is 0 Å². The molecule has 3 N–H and O–H groups in total. The van der Waals surface area contributed by atoms with E-state index in [9.17, 15) is 9.59 Å². The summed E-state index contributed by atoms with van der Waals surface area (Å²) in [6, 6.07) is 1.64. The molecule has 1 unspecified atom stereocenters. The van der Waals surface area contributed by atoms with Gasteiger partial charge in [0.05, 0.1) is 11.6 Å². The largest absolute Gasteiger partial charge is 0.368 e. The highest BCUT2D eigenvalue weighted by Gasteiger charge is 2.28. The van der Waals surface area contributed by atoms with Crippen molar-refractivity contribution in [2.45, 2.75) is 18.8 Å². The van der Waals surface area contributed by atoms with Crippen molar-refractivity contribution >= 4 is 17.8 Å². The first-order valence-corrected chi connectivity index (χ1v) is 4.59. The van der Waals surface area contributed by atoms with Gasteiger partial charge in [-0.3, -0.25) is 14.9 Å². The first kappa shape index (κ1) is 9.57. The summed E-state index contributed by atoms with van der Waals surface area (Å²) in [4.78, 5) is 30.1. The molecule has 15 heavy (non-hydrogen) atoms. The lowest BCUT2D eigenvalue weighted by molar-refractivity contribution is -0.134. The van der Waals surface area contributed by atoms with E-state index in [0.717, 1.165) is 0 Å². The summed E-state index contributed by atoms with van der Waals surface area (Å²) >= 11 is 0. The molecule has 1 aromatic heterocycles. The van der Waals surface area contributed by atoms with Crippen molar-refractivity contribution in [1.29, 1.82) is 0 Å². The predicted octanol–water partition coefficient (Wildman–Crippen LogP) is -0.421. The maximum atomic E-state index is 11.5. The average Bonchev–Trinajstić information content (AvgIpc) is 2.17. The van der Waals surface area contributed by atoms with Crippen LogP contribution in [0.3, 0.4) is 0 Å². The van der Waals surface area contributed by atoms with Crippen molar-refractivity contribution in [1.82, 2.24) is 15.3 Å². The van der Waals surface area contributed by atoms with Crippen molar-refractivity contribution in [3.8, 4) is 0 Å². The minimum absolute atomic E-state index is 0.136. The van der Waals surface area contributed by atoms with Crippen LogP contribution in [0.15, 0.2) is 12.3 Å². The fraction of sp³-hybridized carbons (Fsp3) is 0.333. The third-order valence-corrected chi connectivity index (χ3v) is 2.29. The zero-order valence-electron chi connectivity index (χ0n) is 7.93. The Morgan fingerprint density at radius 1 is 1.47 bits per heavy atom. The normalized spacial score (nSPS) is 21.2. The minimum atomic E-state index is -0.395. The number of nitrogens with zero attached hydrogens (tertiary/aromatic N) is 2. The molecule has 0 bridgehead atoms. The lowest BCUT2D eigenvalue weighted by atomic mass is 9.95. The topological polar surface area (TPSA) is 98.0 Å². The zero-order valence-corrected chi connectivity index (χ0v) is 7.93. The standard InChI is InChI=1S/C9H10N4O2/c10-9-11-4-3-6(12-9)5-1-2-7(14)13-8(5)15/h3-5H,1-2H2,(H2,10,11,12)(H,13,14,15). The molecular formula is C9H10N4O2. The van der Waals surface area contributed by atoms with Gasteiger partial charge in [0.25, 0.3) is 0 Å². The Balaban J connectivity index is 2.24. The zero-order chi connectivity index (χ0) is 10.8. The van der Waals surface area contributed by atoms with Gasteiger partial charge in [-0.25, -0.2) is 9.97 Å². The minimum Gasteiger partial charge on any atom is -0.368 e. The van der Waals surface area contributed by atoms with Gasteiger partial charge in [-0.1, -0.05) is 0 Å². The van der Waals surface area contributed by atoms with Crippen LogP contribution in [-0.4, -0.2) is 21.8 Å². The molecule has 0 saturated carbocycles. The monoisotopic (exact) mass is 206 g/mol. The maximum absolute atomic E-state index is 11.5. The summed E-state index contributed by atoms with van der Waals surface area (Å²) in [7, 11) is 0. The van der Waals surface area contributed by atoms with Gasteiger partial charge in [0.15, 0.2) is 0 Å². The maximum Gasteiger partial charge on any atom is 0.235 e. The van der Waals surface area contributed by atoms with Crippen LogP contribution in [0, 0.1) is 0 Å². The number of amides is 2. The third-order valence-electron chi connectivity index (χ3n) is 2.29. The van der Waals surface area contributed by atoms with Crippen molar-refractivity contribution in [2.24, 2.45) is 0 Å². The molecule has 6 nitrogen and oxygen atoms in total. The molecule has 0 aliphatic carbocycles. The Labute approximate surface area is 85.9 Å². The summed E-state index contributed by atoms with van der Waals surface area (Å²) in [6.45, 7) is 0. The van der Waals surface area contributed by atoms with Crippen LogP contribution >= 0.6 is 0 Å². The molecule has 0 radical (unpaired) electrons. The van der Waals surface area contributed by atoms with E-state index in [1.807, 2.05) is 0 Å². The average molecular weight is 206 g/mol. The number of hydrogen-bond donors (Lipinski definition) is 2. The predicted molar refractivity (Wildman–Crippen MR) is 51.6 cm³/mol. The van der Waals surface area contributed by atoms with E-state index in [1.165, 1.54) is 6.20 Å². The highest BCUT2D eigenvalue weighted by Crippen LogP contribution is 2.22. The smallest absolute Gasteiger partial charge is 0.235 e. The SMILES string of the molecule is Nc1nccc(C2CCC(=O)NC2=O)n1. The Hall–Kier alpha value is -1.98. The molecule has 2 amide bonds. The van der Waals surface area contributed by atoms with Crippen molar-refractivity contribution < 1.29 is 9.59 Å². The number of aromatic nitrogens is 2. The Morgan fingerprint density at radius 2 is 2.27 bits per heavy atom. The Kier molecular flexibility index (Phi) is 2.32. The van der Waals surface area contributed by atoms with Gasteiger partial charge in [-0.2, -0.15) is 0 Å². The number of rotatable bonds is 1. The van der Waals surface area contributed by atoms with Crippen LogP contribution in [0.5, 0.6) is 0 Å². The number of nitrogen functional groups attached to an aromatic ring is 1. The summed E-state index contributed by atoms with van der Waals surface area (Å²) in [5.74, 6) is -0.812. The van der Waals surface area contributed by atoms with E-state index in [4.69, 9.17) is 5.73 Å². The van der Waals surface area contributed by atoms with Crippen LogP contribution in [0.1, 0.15) is 24.5 Å². The Bertz CT molecular complexity index is 418. The van der Waals surface area contributed by atoms with Crippen molar-refractivity contribution in [2.75, 3.05) is 5.73 Å². The number of nitrogens with two attached hydrogens (primary N) is 1. The second-order valence-electron chi connectivity index (χ2n) is 3.34. The fourth-order valence-corrected chi connectivity index (χ4v) is 1.56. The highest BCUT2D eigenvalue weighted by atomic mass is 16.2. The molecule has 1 atom stereocenters. The Morgan fingerprint density at radius 3 is 2.93 bits per heavy atom. The van der Waals surface area contributed by atoms with Crippen LogP contribution in [-0.2, 0) is 9.59 Å². The second-order valence-corrected chi connectivity index (χ2v) is 3.34. The number of nitrogens with one attached hydrogen (secondary N) is 1. The number of imide groups is 1. The number of carbonyl (C=O) groups is 2. The van der Waals surface area contributed by atoms with Crippen molar-refractivity contribution in [3.63, 3.8) is 0 Å². The summed E-state index contributed by atoms with van der Waals surface area (Å²) in [6.07, 6.45) is 2.31. The molecule has 2 rings (SSSR count). The molecule has 1 aromatic rings. The first-order valence-electron chi connectivity index (χ1n) is 4.59. The van der Waals surface area contributed by atoms with Gasteiger partial charge in [0.2, 0.25) is 17.8 Å². The van der Waals surface area contributed by atoms with Gasteiger partial charge in [0, 0.05) is 12.6 Å². The third kappa shape index (κ3) is 1.93. The lowest BCUT2D eigenvalue weighted by Crippen LogP contribution is -2.39. The summed E-state index contributed by atoms with van der Waals surface area (Å²) in [5.41, 5.74) is 5.98. The van der Waals surface area contributed by atoms with Crippen molar-refractivity contribution in [3.05, 3.63) is 18.0 Å². The van der Waals surface area contributed by atoms with Crippen LogP contribution in [0.25, 0.3) is 0 Å². The number of piperidine rings is 1. The first-order chi connectivity index (χ1) is 7.16. The molecule has 1 aliphatic heterocycles. The fourth-order valence-electron chi connectivity index (χ4n) is 1.56.